The number of aliphatic imine (C=N–C) groups is 2. The number of halogens is 1. The van der Waals surface area contributed by atoms with E-state index in [-0.39, 0.29) is 25.9 Å². The first-order valence-corrected chi connectivity index (χ1v) is 28.9. The summed E-state index contributed by atoms with van der Waals surface area (Å²) in [5, 5.41) is 16.6. The van der Waals surface area contributed by atoms with Crippen molar-refractivity contribution in [2.75, 3.05) is 13.2 Å². The van der Waals surface area contributed by atoms with Crippen LogP contribution in [-0.2, 0) is 35.2 Å². The quantitative estimate of drug-likeness (QED) is 0.141. The van der Waals surface area contributed by atoms with E-state index in [0.717, 1.165) is 44.1 Å². The molecular formula is C46H67BrN8O2Sn. The van der Waals surface area contributed by atoms with Gasteiger partial charge in [-0.2, -0.15) is 10.2 Å². The molecule has 8 rings (SSSR count). The van der Waals surface area contributed by atoms with Crippen LogP contribution in [-0.4, -0.2) is 75.1 Å². The van der Waals surface area contributed by atoms with Gasteiger partial charge in [-0.3, -0.25) is 0 Å². The summed E-state index contributed by atoms with van der Waals surface area (Å²) in [5.74, 6) is 0. The second-order valence-corrected chi connectivity index (χ2v) is 29.8. The second kappa shape index (κ2) is 22.1. The van der Waals surface area contributed by atoms with Crippen LogP contribution in [0.15, 0.2) is 87.6 Å². The van der Waals surface area contributed by atoms with Gasteiger partial charge in [-0.25, -0.2) is 9.98 Å². The van der Waals surface area contributed by atoms with Crippen LogP contribution in [0, 0.1) is 0 Å². The van der Waals surface area contributed by atoms with Crippen molar-refractivity contribution in [3.05, 3.63) is 99.9 Å². The molecule has 4 aromatic rings. The molecule has 0 saturated heterocycles. The number of unbranched alkanes of at least 4 members (excludes halogenated alkanes) is 3. The van der Waals surface area contributed by atoms with Crippen LogP contribution in [0.3, 0.4) is 0 Å². The van der Waals surface area contributed by atoms with Gasteiger partial charge in [0.15, 0.2) is 0 Å². The Bertz CT molecular complexity index is 1930. The molecule has 0 fully saturated rings. The van der Waals surface area contributed by atoms with Gasteiger partial charge < -0.3 is 20.9 Å². The van der Waals surface area contributed by atoms with E-state index in [1.807, 2.05) is 12.3 Å². The van der Waals surface area contributed by atoms with E-state index in [9.17, 15) is 0 Å². The Balaban J connectivity index is 0.000000191. The third-order valence-electron chi connectivity index (χ3n) is 11.9. The van der Waals surface area contributed by atoms with Gasteiger partial charge in [-0.05, 0) is 65.6 Å². The van der Waals surface area contributed by atoms with Crippen molar-refractivity contribution in [2.24, 2.45) is 21.5 Å². The molecule has 2 aromatic carbocycles. The Morgan fingerprint density at radius 3 is 1.74 bits per heavy atom. The molecule has 2 spiro atoms. The number of fused-ring (bicyclic) bond motifs is 2. The molecule has 12 heteroatoms. The van der Waals surface area contributed by atoms with E-state index in [4.69, 9.17) is 20.9 Å². The van der Waals surface area contributed by atoms with E-state index in [2.05, 4.69) is 116 Å². The van der Waals surface area contributed by atoms with Crippen molar-refractivity contribution in [3.63, 3.8) is 0 Å². The second-order valence-electron chi connectivity index (χ2n) is 15.9. The maximum Gasteiger partial charge on any atom is 0.282 e. The number of nitrogens with zero attached hydrogens (tertiary/aromatic N) is 6. The maximum atomic E-state index is 5.72. The minimum Gasteiger partial charge on any atom is -0.463 e. The monoisotopic (exact) mass is 962 g/mol. The van der Waals surface area contributed by atoms with Crippen LogP contribution in [0.25, 0.3) is 11.1 Å². The molecule has 0 saturated carbocycles. The smallest absolute Gasteiger partial charge is 0.282 e. The summed E-state index contributed by atoms with van der Waals surface area (Å²) in [6, 6.07) is 19.8. The molecule has 10 nitrogen and oxygen atoms in total. The zero-order chi connectivity index (χ0) is 39.4. The Hall–Kier alpha value is -3.58. The molecule has 2 atom stereocenters. The zero-order valence-corrected chi connectivity index (χ0v) is 37.9. The summed E-state index contributed by atoms with van der Waals surface area (Å²) < 4.78 is 17.8. The first-order chi connectivity index (χ1) is 27.2. The number of hydrogen-bond acceptors (Lipinski definition) is 10. The van der Waals surface area contributed by atoms with E-state index in [1.54, 1.807) is 12.4 Å². The van der Waals surface area contributed by atoms with Crippen LogP contribution >= 0.6 is 15.9 Å². The number of ether oxygens (including phenoxy) is 2. The molecule has 2 aliphatic heterocycles. The van der Waals surface area contributed by atoms with Crippen LogP contribution < -0.4 is 15.2 Å². The summed E-state index contributed by atoms with van der Waals surface area (Å²) in [7, 11) is 0. The number of nitrogens with two attached hydrogens (primary N) is 2. The minimum atomic E-state index is -2.27. The van der Waals surface area contributed by atoms with Gasteiger partial charge in [0.2, 0.25) is 0 Å². The number of aromatic nitrogens is 4. The molecule has 4 heterocycles. The first-order valence-electron chi connectivity index (χ1n) is 20.6. The normalized spacial score (nSPS) is 19.9. The van der Waals surface area contributed by atoms with Gasteiger partial charge in [0.25, 0.3) is 12.0 Å². The van der Waals surface area contributed by atoms with Crippen LogP contribution in [0.4, 0.5) is 0 Å². The fraction of sp³-hybridized carbons (Fsp3) is 0.522. The molecule has 4 aliphatic rings. The van der Waals surface area contributed by atoms with Crippen molar-refractivity contribution in [1.29, 1.82) is 0 Å². The molecule has 2 aromatic heterocycles. The largest absolute Gasteiger partial charge is 0.463 e. The molecule has 0 radical (unpaired) electrons. The molecular weight excluding hydrogens is 895 g/mol. The van der Waals surface area contributed by atoms with Crippen LogP contribution in [0.5, 0.6) is 0 Å². The average molecular weight is 963 g/mol. The summed E-state index contributed by atoms with van der Waals surface area (Å²) >= 11 is 1.34. The fourth-order valence-corrected chi connectivity index (χ4v) is 24.5. The Morgan fingerprint density at radius 2 is 1.24 bits per heavy atom. The Labute approximate surface area is 360 Å². The molecule has 58 heavy (non-hydrogen) atoms. The predicted octanol–water partition coefficient (Wildman–Crippen LogP) is 9.54. The predicted molar refractivity (Wildman–Crippen MR) is 246 cm³/mol. The van der Waals surface area contributed by atoms with E-state index >= 15 is 0 Å². The first kappa shape index (κ1) is 47.1. The number of benzene rings is 2. The molecule has 2 aliphatic carbocycles. The Kier molecular flexibility index (Phi) is 18.0. The minimum absolute atomic E-state index is 0. The van der Waals surface area contributed by atoms with Crippen molar-refractivity contribution in [2.45, 2.75) is 137 Å². The van der Waals surface area contributed by atoms with Crippen LogP contribution in [0.1, 0.15) is 109 Å². The summed E-state index contributed by atoms with van der Waals surface area (Å²) in [6.07, 6.45) is 19.3. The summed E-state index contributed by atoms with van der Waals surface area (Å²) in [6.45, 7) is 8.15. The number of amidine groups is 2. The van der Waals surface area contributed by atoms with Crippen molar-refractivity contribution in [3.8, 4) is 11.1 Å². The Morgan fingerprint density at radius 1 is 0.672 bits per heavy atom. The van der Waals surface area contributed by atoms with Gasteiger partial charge >= 0.3 is 123 Å². The van der Waals surface area contributed by atoms with Gasteiger partial charge in [0.1, 0.15) is 24.3 Å². The third kappa shape index (κ3) is 11.6. The molecule has 0 amide bonds. The average Bonchev–Trinajstić information content (AvgIpc) is 3.78. The summed E-state index contributed by atoms with van der Waals surface area (Å²) in [5.41, 5.74) is 18.8. The topological polar surface area (TPSA) is 147 Å². The molecule has 4 N–H and O–H groups in total. The molecule has 314 valence electrons. The van der Waals surface area contributed by atoms with Crippen molar-refractivity contribution >= 4 is 50.1 Å². The maximum absolute atomic E-state index is 5.72. The molecule has 0 bridgehead atoms. The number of aryl methyl sites for hydroxylation is 2. The third-order valence-corrected chi connectivity index (χ3v) is 27.8. The van der Waals surface area contributed by atoms with Gasteiger partial charge in [0.05, 0.1) is 12.4 Å². The SMILES string of the molecule is C.C.CCC[CH2][Sn]([CH2]CCC)([CH2]CCC)[c]1cccnn1.NC1=NC2(CCc3cccc(-c4ccnnc4)c3C2)CO1.NC1=NC2(CCc3cccc(Br)c3C2)CO1. The summed E-state index contributed by atoms with van der Waals surface area (Å²) in [4.78, 5) is 9.03. The molecule has 2 unspecified atom stereocenters. The van der Waals surface area contributed by atoms with E-state index in [0.29, 0.717) is 25.3 Å². The van der Waals surface area contributed by atoms with E-state index < -0.39 is 18.4 Å². The number of hydrogen-bond donors (Lipinski definition) is 2. The standard InChI is InChI=1S/C16H16N4O.C12H13BrN2O.C4H3N2.3C4H9.2CH4.Sn/c17-15-20-16(10-21-15)6-4-11-2-1-3-13(14(11)8-16)12-5-7-18-19-9-12;13-10-3-1-2-8-4-5-12(6-9(8)10)7-16-11(14)15-12;1-2-4-6-5-3-1;3*1-3-4-2;;;/h1-3,5,7,9H,4,6,8,10H2,(H2,17,20);1-3H,4-7H2,(H2,14,15);1-3H;3*1,3-4H2,2H3;2*1H4;. The van der Waals surface area contributed by atoms with Crippen molar-refractivity contribution < 1.29 is 9.47 Å². The number of rotatable bonds is 11. The van der Waals surface area contributed by atoms with Crippen LogP contribution in [0.2, 0.25) is 13.3 Å². The van der Waals surface area contributed by atoms with Gasteiger partial charge in [-0.15, -0.1) is 0 Å². The van der Waals surface area contributed by atoms with E-state index in [1.165, 1.54) is 87.8 Å². The van der Waals surface area contributed by atoms with Crippen molar-refractivity contribution in [1.82, 2.24) is 20.4 Å². The zero-order valence-electron chi connectivity index (χ0n) is 33.5. The van der Waals surface area contributed by atoms with Gasteiger partial charge in [0, 0.05) is 22.9 Å². The van der Waals surface area contributed by atoms with Gasteiger partial charge in [-0.1, -0.05) is 61.1 Å². The fourth-order valence-electron chi connectivity index (χ4n) is 8.74.